The van der Waals surface area contributed by atoms with Gasteiger partial charge in [0.2, 0.25) is 0 Å². The Kier molecular flexibility index (Phi) is 7.67. The number of imide groups is 1. The molecule has 1 aliphatic heterocycles. The number of carbonyl (C=O) groups is 3. The van der Waals surface area contributed by atoms with Crippen molar-refractivity contribution < 1.29 is 49.0 Å². The molecule has 1 aromatic carbocycles. The van der Waals surface area contributed by atoms with Crippen molar-refractivity contribution in [1.29, 1.82) is 0 Å². The molecule has 0 N–H and O–H groups in total. The molecule has 2 rings (SSSR count). The fraction of sp³-hybridized carbons (Fsp3) is 0. The molecule has 1 aromatic rings. The van der Waals surface area contributed by atoms with Crippen LogP contribution >= 0.6 is 0 Å². The number of aliphatic carboxylic acids is 1. The Morgan fingerprint density at radius 3 is 1.89 bits per heavy atom. The molecule has 0 aliphatic carbocycles. The molecule has 0 spiro atoms. The average molecular weight is 267 g/mol. The summed E-state index contributed by atoms with van der Waals surface area (Å²) >= 11 is 0. The molecule has 0 bridgehead atoms. The molecule has 92 valence electrons. The van der Waals surface area contributed by atoms with E-state index in [-0.39, 0.29) is 41.4 Å². The van der Waals surface area contributed by atoms with Crippen molar-refractivity contribution in [2.24, 2.45) is 0 Å². The standard InChI is InChI=1S/C10H7NO2.C3H4O2.Na/c12-9-6-7-10(13)11(9)8-4-2-1-3-5-8;1-2-3(4)5;/h1-7H;2H,1H2,(H,4,5);/q;;+1/p-1. The number of anilines is 1. The third-order valence-electron chi connectivity index (χ3n) is 1.99. The first-order valence-corrected chi connectivity index (χ1v) is 5.01. The second-order valence-electron chi connectivity index (χ2n) is 3.20. The fourth-order valence-electron chi connectivity index (χ4n) is 1.23. The van der Waals surface area contributed by atoms with E-state index in [4.69, 9.17) is 9.90 Å². The number of para-hydroxylation sites is 1. The number of carboxylic acids is 1. The van der Waals surface area contributed by atoms with Gasteiger partial charge in [-0.05, 0) is 18.2 Å². The van der Waals surface area contributed by atoms with E-state index in [1.807, 2.05) is 6.07 Å². The van der Waals surface area contributed by atoms with Gasteiger partial charge in [-0.3, -0.25) is 9.59 Å². The van der Waals surface area contributed by atoms with E-state index in [9.17, 15) is 9.59 Å². The minimum atomic E-state index is -1.23. The van der Waals surface area contributed by atoms with Crippen molar-refractivity contribution in [2.75, 3.05) is 4.90 Å². The minimum absolute atomic E-state index is 0. The van der Waals surface area contributed by atoms with E-state index in [0.717, 1.165) is 11.0 Å². The largest absolute Gasteiger partial charge is 1.00 e. The molecule has 2 amide bonds. The average Bonchev–Trinajstić information content (AvgIpc) is 2.71. The molecule has 0 saturated carbocycles. The van der Waals surface area contributed by atoms with E-state index in [1.165, 1.54) is 12.2 Å². The van der Waals surface area contributed by atoms with Crippen LogP contribution in [-0.2, 0) is 14.4 Å². The smallest absolute Gasteiger partial charge is 0.545 e. The van der Waals surface area contributed by atoms with Crippen LogP contribution in [0.4, 0.5) is 5.69 Å². The third-order valence-corrected chi connectivity index (χ3v) is 1.99. The van der Waals surface area contributed by atoms with Gasteiger partial charge in [-0.25, -0.2) is 4.90 Å². The first kappa shape index (κ1) is 17.3. The molecule has 1 heterocycles. The van der Waals surface area contributed by atoms with Crippen LogP contribution in [0.1, 0.15) is 0 Å². The molecular weight excluding hydrogens is 257 g/mol. The topological polar surface area (TPSA) is 77.5 Å². The molecule has 0 fully saturated rings. The van der Waals surface area contributed by atoms with E-state index >= 15 is 0 Å². The van der Waals surface area contributed by atoms with Gasteiger partial charge in [-0.2, -0.15) is 0 Å². The monoisotopic (exact) mass is 267 g/mol. The van der Waals surface area contributed by atoms with Gasteiger partial charge in [0.15, 0.2) is 0 Å². The summed E-state index contributed by atoms with van der Waals surface area (Å²) in [6, 6.07) is 8.86. The Morgan fingerprint density at radius 2 is 1.53 bits per heavy atom. The molecule has 19 heavy (non-hydrogen) atoms. The number of carbonyl (C=O) groups excluding carboxylic acids is 3. The SMILES string of the molecule is C=CC(=O)[O-].O=C1C=CC(=O)N1c1ccccc1.[Na+]. The maximum Gasteiger partial charge on any atom is 1.00 e. The van der Waals surface area contributed by atoms with E-state index in [2.05, 4.69) is 6.58 Å². The number of hydrogen-bond donors (Lipinski definition) is 0. The summed E-state index contributed by atoms with van der Waals surface area (Å²) in [6.45, 7) is 2.90. The summed E-state index contributed by atoms with van der Waals surface area (Å²) in [7, 11) is 0. The van der Waals surface area contributed by atoms with Crippen LogP contribution in [0.25, 0.3) is 0 Å². The Morgan fingerprint density at radius 1 is 1.11 bits per heavy atom. The maximum atomic E-state index is 11.2. The molecule has 0 atom stereocenters. The summed E-state index contributed by atoms with van der Waals surface area (Å²) < 4.78 is 0. The van der Waals surface area contributed by atoms with Gasteiger partial charge in [0.05, 0.1) is 11.7 Å². The number of hydrogen-bond acceptors (Lipinski definition) is 4. The van der Waals surface area contributed by atoms with Gasteiger partial charge in [-0.1, -0.05) is 24.8 Å². The third kappa shape index (κ3) is 5.21. The Bertz CT molecular complexity index is 493. The van der Waals surface area contributed by atoms with Gasteiger partial charge in [-0.15, -0.1) is 0 Å². The first-order valence-electron chi connectivity index (χ1n) is 5.01. The minimum Gasteiger partial charge on any atom is -0.545 e. The Balaban J connectivity index is 0.000000471. The summed E-state index contributed by atoms with van der Waals surface area (Å²) in [5.41, 5.74) is 0.613. The summed E-state index contributed by atoms with van der Waals surface area (Å²) in [4.78, 5) is 32.7. The van der Waals surface area contributed by atoms with Crippen molar-refractivity contribution in [1.82, 2.24) is 0 Å². The molecule has 0 unspecified atom stereocenters. The zero-order valence-electron chi connectivity index (χ0n) is 10.4. The first-order chi connectivity index (χ1) is 8.56. The van der Waals surface area contributed by atoms with E-state index in [0.29, 0.717) is 5.69 Å². The van der Waals surface area contributed by atoms with Crippen molar-refractivity contribution in [3.8, 4) is 0 Å². The van der Waals surface area contributed by atoms with Crippen LogP contribution in [-0.4, -0.2) is 17.8 Å². The van der Waals surface area contributed by atoms with Crippen molar-refractivity contribution >= 4 is 23.5 Å². The van der Waals surface area contributed by atoms with Gasteiger partial charge in [0.1, 0.15) is 0 Å². The van der Waals surface area contributed by atoms with Gasteiger partial charge >= 0.3 is 29.6 Å². The van der Waals surface area contributed by atoms with Crippen LogP contribution in [0, 0.1) is 0 Å². The molecule has 0 radical (unpaired) electrons. The molecule has 1 aliphatic rings. The van der Waals surface area contributed by atoms with E-state index in [1.54, 1.807) is 24.3 Å². The summed E-state index contributed by atoms with van der Waals surface area (Å²) in [6.07, 6.45) is 3.27. The number of nitrogens with zero attached hydrogens (tertiary/aromatic N) is 1. The second-order valence-corrected chi connectivity index (χ2v) is 3.20. The molecular formula is C13H10NNaO4. The Labute approximate surface area is 132 Å². The number of carboxylic acid groups (broad SMARTS) is 1. The van der Waals surface area contributed by atoms with Crippen molar-refractivity contribution in [3.63, 3.8) is 0 Å². The Hall–Kier alpha value is -1.69. The van der Waals surface area contributed by atoms with Gasteiger partial charge < -0.3 is 9.90 Å². The van der Waals surface area contributed by atoms with Crippen molar-refractivity contribution in [2.45, 2.75) is 0 Å². The van der Waals surface area contributed by atoms with Gasteiger partial charge in [0.25, 0.3) is 11.8 Å². The molecule has 0 saturated heterocycles. The molecule has 0 aromatic heterocycles. The van der Waals surface area contributed by atoms with Gasteiger partial charge in [0, 0.05) is 12.2 Å². The zero-order chi connectivity index (χ0) is 13.5. The predicted molar refractivity (Wildman–Crippen MR) is 63.3 cm³/mol. The van der Waals surface area contributed by atoms with Crippen molar-refractivity contribution in [3.05, 3.63) is 55.1 Å². The number of amides is 2. The van der Waals surface area contributed by atoms with Crippen LogP contribution < -0.4 is 39.6 Å². The quantitative estimate of drug-likeness (QED) is 0.326. The molecule has 6 heteroatoms. The summed E-state index contributed by atoms with van der Waals surface area (Å²) in [5, 5.41) is 9.14. The number of rotatable bonds is 2. The second kappa shape index (κ2) is 8.42. The van der Waals surface area contributed by atoms with Crippen LogP contribution in [0.15, 0.2) is 55.1 Å². The molecule has 5 nitrogen and oxygen atoms in total. The predicted octanol–water partition coefficient (Wildman–Crippen LogP) is -2.96. The summed E-state index contributed by atoms with van der Waals surface area (Å²) in [5.74, 6) is -1.79. The van der Waals surface area contributed by atoms with Crippen LogP contribution in [0.2, 0.25) is 0 Å². The zero-order valence-corrected chi connectivity index (χ0v) is 12.4. The van der Waals surface area contributed by atoms with Crippen LogP contribution in [0.5, 0.6) is 0 Å². The fourth-order valence-corrected chi connectivity index (χ4v) is 1.23. The van der Waals surface area contributed by atoms with Crippen LogP contribution in [0.3, 0.4) is 0 Å². The maximum absolute atomic E-state index is 11.2. The number of benzene rings is 1. The van der Waals surface area contributed by atoms with E-state index < -0.39 is 5.97 Å². The normalized spacial score (nSPS) is 12.3.